The minimum absolute atomic E-state index is 0.0968. The van der Waals surface area contributed by atoms with Crippen molar-refractivity contribution in [3.05, 3.63) is 23.2 Å². The van der Waals surface area contributed by atoms with Gasteiger partial charge in [0.2, 0.25) is 0 Å². The molecule has 3 nitrogen and oxygen atoms in total. The monoisotopic (exact) mass is 227 g/mol. The molecule has 1 saturated heterocycles. The summed E-state index contributed by atoms with van der Waals surface area (Å²) in [7, 11) is 0. The number of hydrogen-bond acceptors (Lipinski definition) is 3. The topological polar surface area (TPSA) is 44.5 Å². The maximum atomic E-state index is 5.87. The fraction of sp³-hybridized carbons (Fsp3) is 0.455. The lowest BCUT2D eigenvalue weighted by Gasteiger charge is -2.23. The van der Waals surface area contributed by atoms with Crippen LogP contribution in [-0.4, -0.2) is 19.3 Å². The highest BCUT2D eigenvalue weighted by atomic mass is 35.5. The van der Waals surface area contributed by atoms with Gasteiger partial charge in [0.1, 0.15) is 11.9 Å². The fourth-order valence-electron chi connectivity index (χ4n) is 1.59. The molecule has 1 aromatic rings. The van der Waals surface area contributed by atoms with Crippen LogP contribution in [0.5, 0.6) is 5.75 Å². The third kappa shape index (κ3) is 2.76. The molecular weight excluding hydrogens is 214 g/mol. The highest BCUT2D eigenvalue weighted by Gasteiger charge is 2.16. The van der Waals surface area contributed by atoms with Gasteiger partial charge in [-0.1, -0.05) is 11.6 Å². The van der Waals surface area contributed by atoms with Crippen LogP contribution in [0.2, 0.25) is 5.02 Å². The van der Waals surface area contributed by atoms with E-state index in [0.717, 1.165) is 19.4 Å². The van der Waals surface area contributed by atoms with E-state index in [1.54, 1.807) is 18.2 Å². The molecule has 1 unspecified atom stereocenters. The maximum Gasteiger partial charge on any atom is 0.144 e. The van der Waals surface area contributed by atoms with Gasteiger partial charge in [0, 0.05) is 17.7 Å². The summed E-state index contributed by atoms with van der Waals surface area (Å²) in [5, 5.41) is 0.635. The van der Waals surface area contributed by atoms with Gasteiger partial charge in [0.15, 0.2) is 0 Å². The minimum atomic E-state index is 0.0968. The number of rotatable bonds is 2. The van der Waals surface area contributed by atoms with E-state index in [-0.39, 0.29) is 6.10 Å². The summed E-state index contributed by atoms with van der Waals surface area (Å²) in [5.74, 6) is 0.651. The number of benzene rings is 1. The van der Waals surface area contributed by atoms with Gasteiger partial charge >= 0.3 is 0 Å². The van der Waals surface area contributed by atoms with Gasteiger partial charge in [-0.2, -0.15) is 0 Å². The van der Waals surface area contributed by atoms with Gasteiger partial charge in [-0.3, -0.25) is 0 Å². The molecular formula is C11H14ClNO2. The highest BCUT2D eigenvalue weighted by molar-refractivity contribution is 6.30. The molecule has 2 N–H and O–H groups in total. The molecule has 1 atom stereocenters. The van der Waals surface area contributed by atoms with Gasteiger partial charge in [0.25, 0.3) is 0 Å². The third-order valence-corrected chi connectivity index (χ3v) is 2.62. The molecule has 0 saturated carbocycles. The van der Waals surface area contributed by atoms with Crippen molar-refractivity contribution in [1.82, 2.24) is 0 Å². The van der Waals surface area contributed by atoms with E-state index in [1.807, 2.05) is 0 Å². The molecule has 0 aromatic heterocycles. The summed E-state index contributed by atoms with van der Waals surface area (Å²) in [4.78, 5) is 0. The van der Waals surface area contributed by atoms with E-state index in [1.165, 1.54) is 0 Å². The first kappa shape index (κ1) is 10.6. The maximum absolute atomic E-state index is 5.87. The van der Waals surface area contributed by atoms with Crippen molar-refractivity contribution in [2.45, 2.75) is 18.9 Å². The molecule has 2 rings (SSSR count). The van der Waals surface area contributed by atoms with Crippen molar-refractivity contribution < 1.29 is 9.47 Å². The summed E-state index contributed by atoms with van der Waals surface area (Å²) in [6.07, 6.45) is 2.14. The highest BCUT2D eigenvalue weighted by Crippen LogP contribution is 2.27. The Morgan fingerprint density at radius 1 is 1.47 bits per heavy atom. The van der Waals surface area contributed by atoms with E-state index in [0.29, 0.717) is 23.1 Å². The molecule has 0 bridgehead atoms. The molecule has 4 heteroatoms. The molecule has 0 radical (unpaired) electrons. The standard InChI is InChI=1S/C11H14ClNO2/c12-8-3-4-10(13)11(6-8)15-9-2-1-5-14-7-9/h3-4,6,9H,1-2,5,7,13H2. The molecule has 0 spiro atoms. The minimum Gasteiger partial charge on any atom is -0.486 e. The van der Waals surface area contributed by atoms with Gasteiger partial charge in [-0.25, -0.2) is 0 Å². The van der Waals surface area contributed by atoms with Crippen LogP contribution in [0.15, 0.2) is 18.2 Å². The van der Waals surface area contributed by atoms with Crippen LogP contribution in [0.25, 0.3) is 0 Å². The molecule has 1 aromatic carbocycles. The van der Waals surface area contributed by atoms with Crippen LogP contribution >= 0.6 is 11.6 Å². The van der Waals surface area contributed by atoms with Crippen molar-refractivity contribution >= 4 is 17.3 Å². The summed E-state index contributed by atoms with van der Waals surface area (Å²) in [6, 6.07) is 5.24. The van der Waals surface area contributed by atoms with Crippen LogP contribution < -0.4 is 10.5 Å². The Bertz CT molecular complexity index is 337. The zero-order valence-corrected chi connectivity index (χ0v) is 9.17. The summed E-state index contributed by atoms with van der Waals surface area (Å²) in [6.45, 7) is 1.46. The fourth-order valence-corrected chi connectivity index (χ4v) is 1.76. The first-order valence-electron chi connectivity index (χ1n) is 5.05. The quantitative estimate of drug-likeness (QED) is 0.790. The van der Waals surface area contributed by atoms with E-state index in [9.17, 15) is 0 Å². The van der Waals surface area contributed by atoms with Crippen molar-refractivity contribution in [3.63, 3.8) is 0 Å². The average molecular weight is 228 g/mol. The van der Waals surface area contributed by atoms with Crippen LogP contribution in [0, 0.1) is 0 Å². The van der Waals surface area contributed by atoms with Gasteiger partial charge in [0.05, 0.1) is 12.3 Å². The molecule has 1 aliphatic rings. The number of ether oxygens (including phenoxy) is 2. The van der Waals surface area contributed by atoms with Crippen molar-refractivity contribution in [3.8, 4) is 5.75 Å². The second-order valence-electron chi connectivity index (χ2n) is 3.64. The van der Waals surface area contributed by atoms with Crippen molar-refractivity contribution in [2.75, 3.05) is 18.9 Å². The molecule has 1 heterocycles. The molecule has 15 heavy (non-hydrogen) atoms. The zero-order chi connectivity index (χ0) is 10.7. The molecule has 0 amide bonds. The first-order valence-corrected chi connectivity index (χ1v) is 5.43. The van der Waals surface area contributed by atoms with Crippen LogP contribution in [-0.2, 0) is 4.74 Å². The molecule has 1 aliphatic heterocycles. The Morgan fingerprint density at radius 3 is 3.07 bits per heavy atom. The number of halogens is 1. The Labute approximate surface area is 94.1 Å². The van der Waals surface area contributed by atoms with Gasteiger partial charge in [-0.05, 0) is 25.0 Å². The Balaban J connectivity index is 2.05. The summed E-state index contributed by atoms with van der Waals surface area (Å²) >= 11 is 5.87. The second kappa shape index (κ2) is 4.73. The lowest BCUT2D eigenvalue weighted by molar-refractivity contribution is 0.00776. The summed E-state index contributed by atoms with van der Waals surface area (Å²) < 4.78 is 11.1. The largest absolute Gasteiger partial charge is 0.486 e. The Morgan fingerprint density at radius 2 is 2.33 bits per heavy atom. The number of anilines is 1. The molecule has 82 valence electrons. The lowest BCUT2D eigenvalue weighted by Crippen LogP contribution is -2.28. The lowest BCUT2D eigenvalue weighted by atomic mass is 10.2. The second-order valence-corrected chi connectivity index (χ2v) is 4.08. The van der Waals surface area contributed by atoms with Crippen LogP contribution in [0.1, 0.15) is 12.8 Å². The number of nitrogen functional groups attached to an aromatic ring is 1. The Kier molecular flexibility index (Phi) is 3.34. The van der Waals surface area contributed by atoms with E-state index >= 15 is 0 Å². The number of hydrogen-bond donors (Lipinski definition) is 1. The van der Waals surface area contributed by atoms with Crippen molar-refractivity contribution in [2.24, 2.45) is 0 Å². The Hall–Kier alpha value is -0.930. The van der Waals surface area contributed by atoms with Gasteiger partial charge in [-0.15, -0.1) is 0 Å². The average Bonchev–Trinajstić information content (AvgIpc) is 2.25. The van der Waals surface area contributed by atoms with Gasteiger partial charge < -0.3 is 15.2 Å². The predicted molar refractivity (Wildman–Crippen MR) is 60.3 cm³/mol. The molecule has 0 aliphatic carbocycles. The van der Waals surface area contributed by atoms with E-state index < -0.39 is 0 Å². The van der Waals surface area contributed by atoms with Crippen molar-refractivity contribution in [1.29, 1.82) is 0 Å². The predicted octanol–water partition coefficient (Wildman–Crippen LogP) is 2.48. The molecule has 1 fully saturated rings. The van der Waals surface area contributed by atoms with E-state index in [4.69, 9.17) is 26.8 Å². The third-order valence-electron chi connectivity index (χ3n) is 2.39. The zero-order valence-electron chi connectivity index (χ0n) is 8.41. The number of nitrogens with two attached hydrogens (primary N) is 1. The van der Waals surface area contributed by atoms with Crippen LogP contribution in [0.3, 0.4) is 0 Å². The SMILES string of the molecule is Nc1ccc(Cl)cc1OC1CCCOC1. The smallest absolute Gasteiger partial charge is 0.144 e. The summed E-state index contributed by atoms with van der Waals surface area (Å²) in [5.41, 5.74) is 6.40. The van der Waals surface area contributed by atoms with E-state index in [2.05, 4.69) is 0 Å². The van der Waals surface area contributed by atoms with Crippen LogP contribution in [0.4, 0.5) is 5.69 Å². The normalized spacial score (nSPS) is 21.3. The first-order chi connectivity index (χ1) is 7.25.